The molecule has 4 unspecified atom stereocenters. The summed E-state index contributed by atoms with van der Waals surface area (Å²) in [4.78, 5) is 76.7. The first-order valence-corrected chi connectivity index (χ1v) is 25.9. The van der Waals surface area contributed by atoms with Gasteiger partial charge in [0.2, 0.25) is 23.6 Å². The number of alkyl halides is 4. The van der Waals surface area contributed by atoms with Crippen LogP contribution in [0.3, 0.4) is 0 Å². The number of primary amides is 2. The van der Waals surface area contributed by atoms with Crippen LogP contribution in [0.1, 0.15) is 136 Å². The summed E-state index contributed by atoms with van der Waals surface area (Å²) in [5.74, 6) is -2.54. The van der Waals surface area contributed by atoms with Crippen molar-refractivity contribution in [1.29, 1.82) is 0 Å². The average Bonchev–Trinajstić information content (AvgIpc) is 3.70. The van der Waals surface area contributed by atoms with Crippen LogP contribution in [-0.2, 0) is 28.8 Å². The van der Waals surface area contributed by atoms with E-state index in [1.54, 1.807) is 4.90 Å². The van der Waals surface area contributed by atoms with Gasteiger partial charge in [0, 0.05) is 67.0 Å². The van der Waals surface area contributed by atoms with E-state index in [0.717, 1.165) is 57.8 Å². The number of piperidine rings is 2. The number of Topliss-reactive ketones (excluding diaryl/α,β-unsaturated/α-hetero) is 1. The molecule has 0 bridgehead atoms. The maximum Gasteiger partial charge on any atom is 0.326 e. The molecule has 66 heavy (non-hydrogen) atoms. The molecule has 8 aliphatic rings. The summed E-state index contributed by atoms with van der Waals surface area (Å²) in [6, 6.07) is -2.02. The Balaban J connectivity index is 0.000000206. The van der Waals surface area contributed by atoms with Crippen LogP contribution >= 0.6 is 58.8 Å². The molecule has 0 spiro atoms. The van der Waals surface area contributed by atoms with Gasteiger partial charge in [-0.05, 0) is 62.2 Å². The van der Waals surface area contributed by atoms with E-state index in [-0.39, 0.29) is 71.9 Å². The number of aliphatic carboxylic acids is 1. The zero-order chi connectivity index (χ0) is 47.7. The SMILES string of the molecule is C[C@H](C(=O)N1C[C@H]2[C@@H]([C@H]1C(=O)CC(CC1CCC1)C(O)C(N)=O)C2(Cl)Cl)C1CCCCC1.C[C@H](C(=O)N1C[C@H]2[C@@H]([C@H]1C(=O)O)C2(Cl)Cl)C1CCCCC1.Cl.NC(=O)C(O)C(N)CC1CCC1. The molecule has 2 saturated heterocycles. The number of likely N-dealkylation sites (tertiary alicyclic amines) is 2. The van der Waals surface area contributed by atoms with Crippen LogP contribution in [0.15, 0.2) is 0 Å². The molecular formula is C47H74Cl5N5O9. The van der Waals surface area contributed by atoms with Gasteiger partial charge in [-0.3, -0.25) is 24.0 Å². The number of hydrogen-bond donors (Lipinski definition) is 6. The highest BCUT2D eigenvalue weighted by Gasteiger charge is 2.75. The van der Waals surface area contributed by atoms with E-state index >= 15 is 0 Å². The number of carbonyl (C=O) groups is 6. The molecule has 14 nitrogen and oxygen atoms in total. The van der Waals surface area contributed by atoms with Crippen molar-refractivity contribution in [3.8, 4) is 0 Å². The average molecular weight is 1030 g/mol. The summed E-state index contributed by atoms with van der Waals surface area (Å²) in [5.41, 5.74) is 15.9. The molecule has 9 N–H and O–H groups in total. The van der Waals surface area contributed by atoms with Gasteiger partial charge in [-0.25, -0.2) is 4.79 Å². The van der Waals surface area contributed by atoms with Crippen molar-refractivity contribution in [2.75, 3.05) is 13.1 Å². The number of fused-ring (bicyclic) bond motifs is 2. The summed E-state index contributed by atoms with van der Waals surface area (Å²) in [6.07, 6.45) is 16.9. The van der Waals surface area contributed by atoms with E-state index in [1.165, 1.54) is 49.8 Å². The van der Waals surface area contributed by atoms with Crippen LogP contribution in [0.5, 0.6) is 0 Å². The van der Waals surface area contributed by atoms with Crippen LogP contribution in [0.2, 0.25) is 0 Å². The first kappa shape index (κ1) is 55.3. The van der Waals surface area contributed by atoms with Crippen LogP contribution in [-0.4, -0.2) is 113 Å². The summed E-state index contributed by atoms with van der Waals surface area (Å²) < 4.78 is -1.95. The zero-order valence-corrected chi connectivity index (χ0v) is 42.3. The lowest BCUT2D eigenvalue weighted by Crippen LogP contribution is -2.50. The van der Waals surface area contributed by atoms with Gasteiger partial charge in [-0.1, -0.05) is 90.9 Å². The second-order valence-corrected chi connectivity index (χ2v) is 23.9. The molecule has 0 aromatic rings. The number of rotatable bonds is 16. The molecule has 6 saturated carbocycles. The second kappa shape index (κ2) is 23.1. The first-order chi connectivity index (χ1) is 30.6. The highest BCUT2D eigenvalue weighted by atomic mass is 35.5. The highest BCUT2D eigenvalue weighted by Crippen LogP contribution is 2.66. The highest BCUT2D eigenvalue weighted by molar-refractivity contribution is 6.52. The summed E-state index contributed by atoms with van der Waals surface area (Å²) >= 11 is 25.1. The minimum atomic E-state index is -1.36. The number of nitrogens with two attached hydrogens (primary N) is 3. The monoisotopic (exact) mass is 1030 g/mol. The molecule has 0 radical (unpaired) electrons. The van der Waals surface area contributed by atoms with Gasteiger partial charge in [-0.2, -0.15) is 0 Å². The van der Waals surface area contributed by atoms with Crippen molar-refractivity contribution < 1.29 is 44.1 Å². The topological polar surface area (TPSA) is 248 Å². The summed E-state index contributed by atoms with van der Waals surface area (Å²) in [7, 11) is 0. The van der Waals surface area contributed by atoms with Crippen molar-refractivity contribution >= 4 is 94.2 Å². The Morgan fingerprint density at radius 1 is 0.606 bits per heavy atom. The quantitative estimate of drug-likeness (QED) is 0.0965. The van der Waals surface area contributed by atoms with Gasteiger partial charge < -0.3 is 42.3 Å². The normalized spacial score (nSPS) is 31.4. The Kier molecular flexibility index (Phi) is 19.3. The molecule has 12 atom stereocenters. The molecule has 2 aliphatic heterocycles. The molecule has 376 valence electrons. The third kappa shape index (κ3) is 12.3. The lowest BCUT2D eigenvalue weighted by molar-refractivity contribution is -0.152. The van der Waals surface area contributed by atoms with Crippen molar-refractivity contribution in [2.24, 2.45) is 82.3 Å². The van der Waals surface area contributed by atoms with Crippen molar-refractivity contribution in [3.63, 3.8) is 0 Å². The Bertz CT molecular complexity index is 1740. The van der Waals surface area contributed by atoms with Gasteiger partial charge in [0.05, 0.1) is 6.04 Å². The number of carboxylic acids is 1. The van der Waals surface area contributed by atoms with Crippen LogP contribution < -0.4 is 17.2 Å². The Morgan fingerprint density at radius 3 is 1.38 bits per heavy atom. The fraction of sp³-hybridized carbons (Fsp3) is 0.872. The first-order valence-electron chi connectivity index (χ1n) is 24.4. The number of amides is 4. The lowest BCUT2D eigenvalue weighted by Gasteiger charge is -2.36. The summed E-state index contributed by atoms with van der Waals surface area (Å²) in [6.45, 7) is 4.70. The van der Waals surface area contributed by atoms with Crippen molar-refractivity contribution in [1.82, 2.24) is 9.80 Å². The minimum Gasteiger partial charge on any atom is -0.480 e. The number of nitrogens with zero attached hydrogens (tertiary/aromatic N) is 2. The number of aliphatic hydroxyl groups excluding tert-OH is 2. The minimum absolute atomic E-state index is 0. The molecular weight excluding hydrogens is 956 g/mol. The fourth-order valence-electron chi connectivity index (χ4n) is 12.1. The van der Waals surface area contributed by atoms with E-state index in [4.69, 9.17) is 68.7 Å². The molecule has 0 aromatic heterocycles. The standard InChI is InChI=1S/C24H36Cl2N2O4.C15H21Cl2NO3.C8H16N2O2.ClH/c1-13(15-8-3-2-4-9-15)23(32)28-12-17-19(24(17,25)26)20(28)18(29)11-16(21(30)22(27)31)10-14-6-5-7-14;1-8(9-5-3-2-4-6-9)13(19)18-7-10-11(15(10,16)17)12(18)14(20)21;9-6(7(11)8(10)12)4-5-2-1-3-5;/h13-17,19-21,30H,2-12H2,1H3,(H2,27,31);8-12H,2-7H2,1H3,(H,20,21);5-7,11H,1-4,9H2,(H2,10,12);1H/t13-,16?,17-,19-,20+,21?;8-,10-,11-,12-;;/m00../s1. The Morgan fingerprint density at radius 2 is 1.00 bits per heavy atom. The Hall–Kier alpha value is -1.65. The third-order valence-electron chi connectivity index (χ3n) is 16.9. The van der Waals surface area contributed by atoms with Gasteiger partial charge in [-0.15, -0.1) is 58.8 Å². The number of carbonyl (C=O) groups excluding carboxylic acids is 5. The molecule has 8 fully saturated rings. The van der Waals surface area contributed by atoms with Gasteiger partial charge >= 0.3 is 5.97 Å². The van der Waals surface area contributed by atoms with E-state index in [1.807, 2.05) is 13.8 Å². The van der Waals surface area contributed by atoms with Crippen LogP contribution in [0.25, 0.3) is 0 Å². The maximum absolute atomic E-state index is 13.5. The second-order valence-electron chi connectivity index (χ2n) is 21.1. The molecule has 8 rings (SSSR count). The van der Waals surface area contributed by atoms with Crippen LogP contribution in [0.4, 0.5) is 0 Å². The van der Waals surface area contributed by atoms with Gasteiger partial charge in [0.15, 0.2) is 5.78 Å². The number of halogens is 5. The molecule has 19 heteroatoms. The van der Waals surface area contributed by atoms with Gasteiger partial charge in [0.25, 0.3) is 0 Å². The summed E-state index contributed by atoms with van der Waals surface area (Å²) in [5, 5.41) is 29.0. The van der Waals surface area contributed by atoms with Crippen LogP contribution in [0, 0.1) is 65.1 Å². The lowest BCUT2D eigenvalue weighted by atomic mass is 9.75. The number of hydrogen-bond acceptors (Lipinski definition) is 9. The van der Waals surface area contributed by atoms with Crippen molar-refractivity contribution in [3.05, 3.63) is 0 Å². The van der Waals surface area contributed by atoms with Gasteiger partial charge in [0.1, 0.15) is 26.9 Å². The zero-order valence-electron chi connectivity index (χ0n) is 38.4. The van der Waals surface area contributed by atoms with E-state index in [0.29, 0.717) is 49.6 Å². The third-order valence-corrected chi connectivity index (χ3v) is 19.0. The van der Waals surface area contributed by atoms with E-state index < -0.39 is 62.7 Å². The fourth-order valence-corrected chi connectivity index (χ4v) is 13.7. The number of carboxylic acid groups (broad SMARTS) is 1. The molecule has 0 aromatic carbocycles. The smallest absolute Gasteiger partial charge is 0.326 e. The van der Waals surface area contributed by atoms with E-state index in [9.17, 15) is 39.0 Å². The molecule has 2 heterocycles. The predicted molar refractivity (Wildman–Crippen MR) is 256 cm³/mol. The molecule has 6 aliphatic carbocycles. The van der Waals surface area contributed by atoms with E-state index in [2.05, 4.69) is 0 Å². The number of ketones is 1. The number of aliphatic hydroxyl groups is 2. The maximum atomic E-state index is 13.5. The van der Waals surface area contributed by atoms with Crippen molar-refractivity contribution in [2.45, 2.75) is 175 Å². The predicted octanol–water partition coefficient (Wildman–Crippen LogP) is 6.14. The Labute approximate surface area is 416 Å². The largest absolute Gasteiger partial charge is 0.480 e. The molecule has 4 amide bonds.